The Bertz CT molecular complexity index is 448. The summed E-state index contributed by atoms with van der Waals surface area (Å²) in [6, 6.07) is 8.15. The van der Waals surface area contributed by atoms with Crippen LogP contribution < -0.4 is 0 Å². The number of rotatable bonds is 2. The average molecular weight is 198 g/mol. The third-order valence-electron chi connectivity index (χ3n) is 1.88. The van der Waals surface area contributed by atoms with Crippen LogP contribution in [0.3, 0.4) is 0 Å². The molecule has 1 aromatic rings. The minimum absolute atomic E-state index is 0.691. The summed E-state index contributed by atoms with van der Waals surface area (Å²) in [5.74, 6) is 0. The summed E-state index contributed by atoms with van der Waals surface area (Å²) >= 11 is 0. The second kappa shape index (κ2) is 4.88. The fourth-order valence-corrected chi connectivity index (χ4v) is 1.12. The van der Waals surface area contributed by atoms with Gasteiger partial charge in [0.25, 0.3) is 0 Å². The van der Waals surface area contributed by atoms with Crippen LogP contribution in [0.4, 0.5) is 5.69 Å². The number of benzene rings is 1. The van der Waals surface area contributed by atoms with Gasteiger partial charge in [-0.3, -0.25) is 0 Å². The van der Waals surface area contributed by atoms with E-state index in [1.54, 1.807) is 12.1 Å². The predicted molar refractivity (Wildman–Crippen MR) is 55.4 cm³/mol. The molecule has 0 amide bonds. The monoisotopic (exact) mass is 198 g/mol. The Morgan fingerprint density at radius 3 is 2.40 bits per heavy atom. The lowest BCUT2D eigenvalue weighted by Gasteiger charge is -1.99. The van der Waals surface area contributed by atoms with E-state index in [0.717, 1.165) is 11.1 Å². The van der Waals surface area contributed by atoms with E-state index in [0.29, 0.717) is 5.69 Å². The molecule has 0 aliphatic rings. The predicted octanol–water partition coefficient (Wildman–Crippen LogP) is 2.80. The van der Waals surface area contributed by atoms with E-state index < -0.39 is 6.04 Å². The average Bonchev–Trinajstić information content (AvgIpc) is 2.22. The van der Waals surface area contributed by atoms with Gasteiger partial charge in [0.15, 0.2) is 0 Å². The molecule has 0 aliphatic carbocycles. The molecule has 0 aromatic heterocycles. The van der Waals surface area contributed by atoms with Gasteiger partial charge < -0.3 is 0 Å². The molecule has 1 aromatic carbocycles. The maximum absolute atomic E-state index is 8.49. The van der Waals surface area contributed by atoms with E-state index in [-0.39, 0.29) is 0 Å². The summed E-state index contributed by atoms with van der Waals surface area (Å²) < 4.78 is 0. The van der Waals surface area contributed by atoms with Gasteiger partial charge in [-0.05, 0) is 25.5 Å². The minimum atomic E-state index is -1.02. The summed E-state index contributed by atoms with van der Waals surface area (Å²) in [5, 5.41) is 24.5. The molecule has 0 aliphatic heterocycles. The van der Waals surface area contributed by atoms with Crippen LogP contribution in [-0.2, 0) is 0 Å². The molecule has 0 saturated carbocycles. The van der Waals surface area contributed by atoms with Crippen molar-refractivity contribution < 1.29 is 0 Å². The number of azo groups is 1. The molecule has 0 fully saturated rings. The first-order chi connectivity index (χ1) is 7.17. The summed E-state index contributed by atoms with van der Waals surface area (Å²) in [7, 11) is 0. The van der Waals surface area contributed by atoms with Crippen LogP contribution in [0.5, 0.6) is 0 Å². The highest BCUT2D eigenvalue weighted by molar-refractivity contribution is 5.46. The van der Waals surface area contributed by atoms with Gasteiger partial charge in [0.1, 0.15) is 12.1 Å². The third kappa shape index (κ3) is 2.89. The van der Waals surface area contributed by atoms with Gasteiger partial charge in [0, 0.05) is 0 Å². The van der Waals surface area contributed by atoms with Crippen LogP contribution in [0.1, 0.15) is 11.1 Å². The highest BCUT2D eigenvalue weighted by Crippen LogP contribution is 2.19. The number of aryl methyl sites for hydroxylation is 2. The van der Waals surface area contributed by atoms with E-state index in [4.69, 9.17) is 10.5 Å². The lowest BCUT2D eigenvalue weighted by molar-refractivity contribution is 0.946. The maximum atomic E-state index is 8.49. The molecular weight excluding hydrogens is 188 g/mol. The zero-order valence-corrected chi connectivity index (χ0v) is 8.60. The van der Waals surface area contributed by atoms with E-state index in [9.17, 15) is 0 Å². The normalized spacial score (nSPS) is 10.2. The van der Waals surface area contributed by atoms with Gasteiger partial charge >= 0.3 is 0 Å². The Hall–Kier alpha value is -2.20. The zero-order valence-electron chi connectivity index (χ0n) is 8.60. The highest BCUT2D eigenvalue weighted by Gasteiger charge is 2.01. The smallest absolute Gasteiger partial charge is 0.195 e. The Balaban J connectivity index is 2.92. The van der Waals surface area contributed by atoms with Crippen molar-refractivity contribution in [1.82, 2.24) is 0 Å². The van der Waals surface area contributed by atoms with Gasteiger partial charge in [-0.1, -0.05) is 17.7 Å². The summed E-state index contributed by atoms with van der Waals surface area (Å²) in [6.07, 6.45) is 0. The SMILES string of the molecule is Cc1ccc(N=NC(C#N)C#N)c(C)c1. The third-order valence-corrected chi connectivity index (χ3v) is 1.88. The lowest BCUT2D eigenvalue weighted by Crippen LogP contribution is -1.92. The molecule has 0 bridgehead atoms. The van der Waals surface area contributed by atoms with Crippen molar-refractivity contribution in [2.45, 2.75) is 19.9 Å². The fourth-order valence-electron chi connectivity index (χ4n) is 1.12. The van der Waals surface area contributed by atoms with E-state index in [1.165, 1.54) is 0 Å². The van der Waals surface area contributed by atoms with Crippen molar-refractivity contribution in [2.24, 2.45) is 10.2 Å². The Morgan fingerprint density at radius 1 is 1.20 bits per heavy atom. The van der Waals surface area contributed by atoms with Crippen LogP contribution in [0.2, 0.25) is 0 Å². The van der Waals surface area contributed by atoms with Crippen molar-refractivity contribution in [3.63, 3.8) is 0 Å². The van der Waals surface area contributed by atoms with E-state index >= 15 is 0 Å². The maximum Gasteiger partial charge on any atom is 0.242 e. The molecule has 0 radical (unpaired) electrons. The quantitative estimate of drug-likeness (QED) is 0.685. The van der Waals surface area contributed by atoms with Crippen LogP contribution >= 0.6 is 0 Å². The second-order valence-corrected chi connectivity index (χ2v) is 3.17. The topological polar surface area (TPSA) is 72.3 Å². The summed E-state index contributed by atoms with van der Waals surface area (Å²) in [6.45, 7) is 3.90. The number of nitriles is 2. The fraction of sp³-hybridized carbons (Fsp3) is 0.273. The van der Waals surface area contributed by atoms with E-state index in [1.807, 2.05) is 32.0 Å². The molecule has 15 heavy (non-hydrogen) atoms. The molecule has 0 N–H and O–H groups in total. The molecule has 74 valence electrons. The molecule has 4 heteroatoms. The summed E-state index contributed by atoms with van der Waals surface area (Å²) in [4.78, 5) is 0. The van der Waals surface area contributed by atoms with Crippen LogP contribution in [-0.4, -0.2) is 6.04 Å². The number of hydrogen-bond donors (Lipinski definition) is 0. The molecule has 0 unspecified atom stereocenters. The largest absolute Gasteiger partial charge is 0.242 e. The van der Waals surface area contributed by atoms with Crippen molar-refractivity contribution in [3.8, 4) is 12.1 Å². The van der Waals surface area contributed by atoms with Crippen molar-refractivity contribution >= 4 is 5.69 Å². The van der Waals surface area contributed by atoms with Crippen LogP contribution in [0.15, 0.2) is 28.4 Å². The Labute approximate surface area is 88.5 Å². The van der Waals surface area contributed by atoms with Crippen LogP contribution in [0.25, 0.3) is 0 Å². The first-order valence-electron chi connectivity index (χ1n) is 4.44. The van der Waals surface area contributed by atoms with Gasteiger partial charge in [-0.25, -0.2) is 0 Å². The lowest BCUT2D eigenvalue weighted by atomic mass is 10.1. The first kappa shape index (κ1) is 10.9. The van der Waals surface area contributed by atoms with E-state index in [2.05, 4.69) is 10.2 Å². The van der Waals surface area contributed by atoms with Crippen LogP contribution in [0, 0.1) is 36.5 Å². The van der Waals surface area contributed by atoms with Gasteiger partial charge in [-0.15, -0.1) is 0 Å². The van der Waals surface area contributed by atoms with Gasteiger partial charge in [0.05, 0.1) is 5.69 Å². The highest BCUT2D eigenvalue weighted by atomic mass is 15.1. The molecular formula is C11H10N4. The molecule has 0 saturated heterocycles. The van der Waals surface area contributed by atoms with Crippen molar-refractivity contribution in [2.75, 3.05) is 0 Å². The molecule has 0 heterocycles. The van der Waals surface area contributed by atoms with Crippen molar-refractivity contribution in [1.29, 1.82) is 10.5 Å². The van der Waals surface area contributed by atoms with Gasteiger partial charge in [-0.2, -0.15) is 20.8 Å². The Morgan fingerprint density at radius 2 is 1.87 bits per heavy atom. The summed E-state index contributed by atoms with van der Waals surface area (Å²) in [5.41, 5.74) is 2.81. The standard InChI is InChI=1S/C11H10N4/c1-8-3-4-11(9(2)5-8)15-14-10(6-12)7-13/h3-5,10H,1-2H3. The number of hydrogen-bond acceptors (Lipinski definition) is 4. The molecule has 4 nitrogen and oxygen atoms in total. The van der Waals surface area contributed by atoms with Gasteiger partial charge in [0.2, 0.25) is 6.04 Å². The molecule has 0 spiro atoms. The minimum Gasteiger partial charge on any atom is -0.195 e. The van der Waals surface area contributed by atoms with Crippen molar-refractivity contribution in [3.05, 3.63) is 29.3 Å². The first-order valence-corrected chi connectivity index (χ1v) is 4.44. The molecule has 1 rings (SSSR count). The molecule has 0 atom stereocenters. The zero-order chi connectivity index (χ0) is 11.3. The second-order valence-electron chi connectivity index (χ2n) is 3.17. The number of nitrogens with zero attached hydrogens (tertiary/aromatic N) is 4. The Kier molecular flexibility index (Phi) is 3.54.